The number of hydrogen-bond donors (Lipinski definition) is 1. The van der Waals surface area contributed by atoms with E-state index in [4.69, 9.17) is 11.6 Å². The summed E-state index contributed by atoms with van der Waals surface area (Å²) in [4.78, 5) is 4.24. The third-order valence-electron chi connectivity index (χ3n) is 3.26. The standard InChI is InChI=1S/C14H18BrClN4/c1-4-18-13(10-5-11(15)8-17-7-10)6-12-9(2)19-20(3)14(12)16/h5,7-8,13,18H,4,6H2,1-3H3. The summed E-state index contributed by atoms with van der Waals surface area (Å²) in [5.41, 5.74) is 3.20. The van der Waals surface area contributed by atoms with E-state index < -0.39 is 0 Å². The minimum Gasteiger partial charge on any atom is -0.310 e. The molecule has 0 aliphatic rings. The lowest BCUT2D eigenvalue weighted by molar-refractivity contribution is 0.547. The van der Waals surface area contributed by atoms with Gasteiger partial charge in [0.2, 0.25) is 0 Å². The van der Waals surface area contributed by atoms with E-state index in [1.807, 2.05) is 20.2 Å². The molecule has 0 spiro atoms. The van der Waals surface area contributed by atoms with Gasteiger partial charge in [0, 0.05) is 35.5 Å². The maximum atomic E-state index is 6.32. The van der Waals surface area contributed by atoms with E-state index in [1.165, 1.54) is 0 Å². The van der Waals surface area contributed by atoms with Gasteiger partial charge < -0.3 is 5.32 Å². The normalized spacial score (nSPS) is 12.7. The van der Waals surface area contributed by atoms with Gasteiger partial charge in [0.05, 0.1) is 5.69 Å². The minimum atomic E-state index is 0.172. The molecule has 1 N–H and O–H groups in total. The van der Waals surface area contributed by atoms with Gasteiger partial charge in [0.25, 0.3) is 0 Å². The zero-order valence-corrected chi connectivity index (χ0v) is 14.2. The Kier molecular flexibility index (Phi) is 5.18. The molecule has 2 rings (SSSR count). The van der Waals surface area contributed by atoms with Crippen molar-refractivity contribution in [1.29, 1.82) is 0 Å². The number of nitrogens with zero attached hydrogens (tertiary/aromatic N) is 3. The smallest absolute Gasteiger partial charge is 0.130 e. The molecule has 4 nitrogen and oxygen atoms in total. The van der Waals surface area contributed by atoms with Crippen LogP contribution in [0.15, 0.2) is 22.9 Å². The molecule has 0 saturated carbocycles. The van der Waals surface area contributed by atoms with Crippen LogP contribution in [0.4, 0.5) is 0 Å². The molecule has 1 unspecified atom stereocenters. The first-order valence-electron chi connectivity index (χ1n) is 6.54. The van der Waals surface area contributed by atoms with Crippen molar-refractivity contribution in [3.8, 4) is 0 Å². The van der Waals surface area contributed by atoms with E-state index in [0.29, 0.717) is 5.15 Å². The number of hydrogen-bond acceptors (Lipinski definition) is 3. The van der Waals surface area contributed by atoms with Crippen molar-refractivity contribution in [2.75, 3.05) is 6.54 Å². The minimum absolute atomic E-state index is 0.172. The lowest BCUT2D eigenvalue weighted by atomic mass is 10.0. The fraction of sp³-hybridized carbons (Fsp3) is 0.429. The predicted molar refractivity (Wildman–Crippen MR) is 85.0 cm³/mol. The highest BCUT2D eigenvalue weighted by Gasteiger charge is 2.18. The lowest BCUT2D eigenvalue weighted by Crippen LogP contribution is -2.23. The molecule has 0 aromatic carbocycles. The predicted octanol–water partition coefficient (Wildman–Crippen LogP) is 3.43. The molecule has 0 amide bonds. The average molecular weight is 358 g/mol. The highest BCUT2D eigenvalue weighted by atomic mass is 79.9. The summed E-state index contributed by atoms with van der Waals surface area (Å²) >= 11 is 9.79. The molecular formula is C14H18BrClN4. The zero-order chi connectivity index (χ0) is 14.7. The zero-order valence-electron chi connectivity index (χ0n) is 11.8. The fourth-order valence-electron chi connectivity index (χ4n) is 2.28. The summed E-state index contributed by atoms with van der Waals surface area (Å²) in [6.07, 6.45) is 4.47. The van der Waals surface area contributed by atoms with Crippen molar-refractivity contribution >= 4 is 27.5 Å². The molecule has 2 aromatic heterocycles. The SMILES string of the molecule is CCNC(Cc1c(C)nn(C)c1Cl)c1cncc(Br)c1. The Morgan fingerprint density at radius 3 is 2.75 bits per heavy atom. The van der Waals surface area contributed by atoms with Crippen molar-refractivity contribution in [3.63, 3.8) is 0 Å². The van der Waals surface area contributed by atoms with Gasteiger partial charge in [0.15, 0.2) is 0 Å². The van der Waals surface area contributed by atoms with Crippen LogP contribution in [0.5, 0.6) is 0 Å². The maximum Gasteiger partial charge on any atom is 0.130 e. The summed E-state index contributed by atoms with van der Waals surface area (Å²) in [6, 6.07) is 2.25. The van der Waals surface area contributed by atoms with Crippen LogP contribution in [-0.4, -0.2) is 21.3 Å². The molecule has 2 aromatic rings. The second-order valence-electron chi connectivity index (χ2n) is 4.73. The van der Waals surface area contributed by atoms with Crippen molar-refractivity contribution in [2.45, 2.75) is 26.3 Å². The largest absolute Gasteiger partial charge is 0.310 e. The Hall–Kier alpha value is -0.910. The number of likely N-dealkylation sites (N-methyl/N-ethyl adjacent to an activating group) is 1. The third kappa shape index (κ3) is 3.40. The summed E-state index contributed by atoms with van der Waals surface area (Å²) in [6.45, 7) is 4.97. The Bertz CT molecular complexity index is 597. The fourth-order valence-corrected chi connectivity index (χ4v) is 2.92. The second kappa shape index (κ2) is 6.70. The van der Waals surface area contributed by atoms with E-state index in [0.717, 1.165) is 34.3 Å². The molecule has 2 heterocycles. The van der Waals surface area contributed by atoms with Gasteiger partial charge >= 0.3 is 0 Å². The van der Waals surface area contributed by atoms with E-state index in [-0.39, 0.29) is 6.04 Å². The summed E-state index contributed by atoms with van der Waals surface area (Å²) in [7, 11) is 1.86. The lowest BCUT2D eigenvalue weighted by Gasteiger charge is -2.18. The van der Waals surface area contributed by atoms with Crippen molar-refractivity contribution in [1.82, 2.24) is 20.1 Å². The third-order valence-corrected chi connectivity index (χ3v) is 4.16. The van der Waals surface area contributed by atoms with Gasteiger partial charge in [-0.1, -0.05) is 18.5 Å². The molecular weight excluding hydrogens is 340 g/mol. The van der Waals surface area contributed by atoms with Gasteiger partial charge in [-0.3, -0.25) is 9.67 Å². The summed E-state index contributed by atoms with van der Waals surface area (Å²) in [5.74, 6) is 0. The average Bonchev–Trinajstić information content (AvgIpc) is 2.64. The second-order valence-corrected chi connectivity index (χ2v) is 6.00. The Balaban J connectivity index is 2.30. The Morgan fingerprint density at radius 2 is 2.20 bits per heavy atom. The number of aromatic nitrogens is 3. The van der Waals surface area contributed by atoms with Gasteiger partial charge in [-0.15, -0.1) is 0 Å². The number of rotatable bonds is 5. The van der Waals surface area contributed by atoms with Crippen LogP contribution < -0.4 is 5.32 Å². The van der Waals surface area contributed by atoms with Gasteiger partial charge in [-0.25, -0.2) is 0 Å². The molecule has 0 saturated heterocycles. The van der Waals surface area contributed by atoms with E-state index in [2.05, 4.69) is 44.3 Å². The summed E-state index contributed by atoms with van der Waals surface area (Å²) < 4.78 is 2.70. The number of aryl methyl sites for hydroxylation is 2. The molecule has 0 aliphatic carbocycles. The van der Waals surface area contributed by atoms with Crippen LogP contribution >= 0.6 is 27.5 Å². The van der Waals surface area contributed by atoms with Crippen LogP contribution in [0.3, 0.4) is 0 Å². The van der Waals surface area contributed by atoms with Gasteiger partial charge in [-0.2, -0.15) is 5.10 Å². The number of nitrogens with one attached hydrogen (secondary N) is 1. The van der Waals surface area contributed by atoms with Crippen molar-refractivity contribution in [3.05, 3.63) is 44.9 Å². The van der Waals surface area contributed by atoms with E-state index in [9.17, 15) is 0 Å². The highest BCUT2D eigenvalue weighted by Crippen LogP contribution is 2.26. The van der Waals surface area contributed by atoms with Crippen LogP contribution in [-0.2, 0) is 13.5 Å². The molecule has 0 radical (unpaired) electrons. The molecule has 1 atom stereocenters. The van der Waals surface area contributed by atoms with Crippen molar-refractivity contribution < 1.29 is 0 Å². The Morgan fingerprint density at radius 1 is 1.45 bits per heavy atom. The van der Waals surface area contributed by atoms with E-state index in [1.54, 1.807) is 10.9 Å². The summed E-state index contributed by atoms with van der Waals surface area (Å²) in [5, 5.41) is 8.55. The monoisotopic (exact) mass is 356 g/mol. The van der Waals surface area contributed by atoms with Crippen molar-refractivity contribution in [2.24, 2.45) is 7.05 Å². The quantitative estimate of drug-likeness (QED) is 0.891. The van der Waals surface area contributed by atoms with Crippen LogP contribution in [0, 0.1) is 6.92 Å². The van der Waals surface area contributed by atoms with Crippen LogP contribution in [0.2, 0.25) is 5.15 Å². The molecule has 108 valence electrons. The molecule has 0 aliphatic heterocycles. The number of halogens is 2. The first-order valence-corrected chi connectivity index (χ1v) is 7.71. The topological polar surface area (TPSA) is 42.7 Å². The molecule has 0 fully saturated rings. The molecule has 0 bridgehead atoms. The van der Waals surface area contributed by atoms with E-state index >= 15 is 0 Å². The van der Waals surface area contributed by atoms with Gasteiger partial charge in [0.1, 0.15) is 5.15 Å². The maximum absolute atomic E-state index is 6.32. The van der Waals surface area contributed by atoms with Crippen LogP contribution in [0.1, 0.15) is 29.8 Å². The molecule has 6 heteroatoms. The molecule has 20 heavy (non-hydrogen) atoms. The first-order chi connectivity index (χ1) is 9.52. The van der Waals surface area contributed by atoms with Crippen LogP contribution in [0.25, 0.3) is 0 Å². The van der Waals surface area contributed by atoms with Gasteiger partial charge in [-0.05, 0) is 47.4 Å². The highest BCUT2D eigenvalue weighted by molar-refractivity contribution is 9.10. The number of pyridine rings is 1. The first kappa shape index (κ1) is 15.5. The Labute approximate surface area is 132 Å².